The molecule has 80 valence electrons. The first-order valence-electron chi connectivity index (χ1n) is 5.32. The quantitative estimate of drug-likeness (QED) is 0.747. The summed E-state index contributed by atoms with van der Waals surface area (Å²) in [5, 5.41) is 1.18. The SMILES string of the molecule is C(=C\c1ccccc1)/[Se]Cc1ccccc1. The molecule has 0 saturated carbocycles. The second kappa shape index (κ2) is 6.32. The van der Waals surface area contributed by atoms with E-state index in [4.69, 9.17) is 0 Å². The number of hydrogen-bond acceptors (Lipinski definition) is 0. The topological polar surface area (TPSA) is 0 Å². The van der Waals surface area contributed by atoms with Gasteiger partial charge in [0.1, 0.15) is 0 Å². The van der Waals surface area contributed by atoms with Crippen LogP contribution in [-0.4, -0.2) is 15.0 Å². The van der Waals surface area contributed by atoms with Crippen LogP contribution in [0.3, 0.4) is 0 Å². The molecule has 0 unspecified atom stereocenters. The van der Waals surface area contributed by atoms with Crippen molar-refractivity contribution in [2.24, 2.45) is 0 Å². The molecule has 0 atom stereocenters. The van der Waals surface area contributed by atoms with Crippen molar-refractivity contribution in [1.29, 1.82) is 0 Å². The van der Waals surface area contributed by atoms with E-state index in [1.165, 1.54) is 16.4 Å². The molecule has 2 rings (SSSR count). The van der Waals surface area contributed by atoms with Gasteiger partial charge in [-0.05, 0) is 0 Å². The summed E-state index contributed by atoms with van der Waals surface area (Å²) in [6.45, 7) is 0. The van der Waals surface area contributed by atoms with Gasteiger partial charge >= 0.3 is 103 Å². The fourth-order valence-electron chi connectivity index (χ4n) is 1.41. The van der Waals surface area contributed by atoms with Crippen LogP contribution in [0.1, 0.15) is 11.1 Å². The van der Waals surface area contributed by atoms with Gasteiger partial charge in [0.05, 0.1) is 0 Å². The van der Waals surface area contributed by atoms with Crippen molar-refractivity contribution in [2.45, 2.75) is 5.32 Å². The monoisotopic (exact) mass is 274 g/mol. The van der Waals surface area contributed by atoms with E-state index in [1.54, 1.807) is 0 Å². The molecule has 0 nitrogen and oxygen atoms in total. The summed E-state index contributed by atoms with van der Waals surface area (Å²) in [4.78, 5) is 2.30. The molecule has 1 heteroatoms. The standard InChI is InChI=1S/C15H14Se/c1-3-7-14(8-4-1)11-12-16-13-15-9-5-2-6-10-15/h1-12H,13H2/b12-11+. The number of rotatable bonds is 4. The molecule has 0 spiro atoms. The maximum atomic E-state index is 2.30. The number of hydrogen-bond donors (Lipinski definition) is 0. The Kier molecular flexibility index (Phi) is 4.42. The molecule has 0 aliphatic rings. The second-order valence-corrected chi connectivity index (χ2v) is 5.39. The third-order valence-electron chi connectivity index (χ3n) is 2.25. The van der Waals surface area contributed by atoms with Crippen molar-refractivity contribution in [3.63, 3.8) is 0 Å². The van der Waals surface area contributed by atoms with E-state index in [0.29, 0.717) is 15.0 Å². The third kappa shape index (κ3) is 3.69. The van der Waals surface area contributed by atoms with E-state index < -0.39 is 0 Å². The van der Waals surface area contributed by atoms with Gasteiger partial charge < -0.3 is 0 Å². The van der Waals surface area contributed by atoms with Crippen LogP contribution in [0.5, 0.6) is 0 Å². The van der Waals surface area contributed by atoms with Crippen molar-refractivity contribution in [3.05, 3.63) is 76.8 Å². The van der Waals surface area contributed by atoms with Gasteiger partial charge in [-0.2, -0.15) is 0 Å². The zero-order valence-corrected chi connectivity index (χ0v) is 10.8. The van der Waals surface area contributed by atoms with Gasteiger partial charge in [-0.3, -0.25) is 0 Å². The fraction of sp³-hybridized carbons (Fsp3) is 0.0667. The average molecular weight is 273 g/mol. The van der Waals surface area contributed by atoms with Crippen LogP contribution in [-0.2, 0) is 5.32 Å². The third-order valence-corrected chi connectivity index (χ3v) is 3.99. The van der Waals surface area contributed by atoms with Gasteiger partial charge in [0.2, 0.25) is 0 Å². The molecule has 0 N–H and O–H groups in total. The first-order valence-corrected chi connectivity index (χ1v) is 7.52. The van der Waals surface area contributed by atoms with Crippen LogP contribution < -0.4 is 0 Å². The number of benzene rings is 2. The van der Waals surface area contributed by atoms with E-state index in [0.717, 1.165) is 0 Å². The fourth-order valence-corrected chi connectivity index (χ4v) is 2.95. The van der Waals surface area contributed by atoms with Gasteiger partial charge in [-0.1, -0.05) is 0 Å². The summed E-state index contributed by atoms with van der Waals surface area (Å²) in [6.07, 6.45) is 2.21. The molecule has 0 saturated heterocycles. The van der Waals surface area contributed by atoms with Crippen LogP contribution in [0.4, 0.5) is 0 Å². The van der Waals surface area contributed by atoms with E-state index >= 15 is 0 Å². The van der Waals surface area contributed by atoms with Crippen molar-refractivity contribution < 1.29 is 0 Å². The van der Waals surface area contributed by atoms with E-state index in [1.807, 2.05) is 6.07 Å². The van der Waals surface area contributed by atoms with Crippen molar-refractivity contribution in [1.82, 2.24) is 0 Å². The Morgan fingerprint density at radius 1 is 0.812 bits per heavy atom. The minimum absolute atomic E-state index is 0.553. The van der Waals surface area contributed by atoms with Crippen molar-refractivity contribution in [3.8, 4) is 0 Å². The Hall–Kier alpha value is -1.30. The predicted octanol–water partition coefficient (Wildman–Crippen LogP) is 3.56. The predicted molar refractivity (Wildman–Crippen MR) is 71.4 cm³/mol. The Morgan fingerprint density at radius 3 is 2.12 bits per heavy atom. The Bertz CT molecular complexity index is 432. The summed E-state index contributed by atoms with van der Waals surface area (Å²) in [5.74, 6) is 0. The molecule has 0 amide bonds. The van der Waals surface area contributed by atoms with Crippen LogP contribution in [0, 0.1) is 0 Å². The molecule has 0 aliphatic heterocycles. The normalized spacial score (nSPS) is 10.8. The van der Waals surface area contributed by atoms with Crippen molar-refractivity contribution in [2.75, 3.05) is 0 Å². The van der Waals surface area contributed by atoms with Gasteiger partial charge in [-0.25, -0.2) is 0 Å². The molecule has 16 heavy (non-hydrogen) atoms. The summed E-state index contributed by atoms with van der Waals surface area (Å²) in [5.41, 5.74) is 2.72. The summed E-state index contributed by atoms with van der Waals surface area (Å²) < 4.78 is 0. The van der Waals surface area contributed by atoms with Gasteiger partial charge in [-0.15, -0.1) is 0 Å². The molecular formula is C15H14Se. The Labute approximate surface area is 103 Å². The van der Waals surface area contributed by atoms with Gasteiger partial charge in [0.25, 0.3) is 0 Å². The van der Waals surface area contributed by atoms with E-state index in [9.17, 15) is 0 Å². The molecule has 0 heterocycles. The van der Waals surface area contributed by atoms with E-state index in [-0.39, 0.29) is 0 Å². The Balaban J connectivity index is 1.83. The molecule has 0 aromatic heterocycles. The van der Waals surface area contributed by atoms with E-state index in [2.05, 4.69) is 65.6 Å². The zero-order valence-electron chi connectivity index (χ0n) is 9.04. The van der Waals surface area contributed by atoms with Crippen LogP contribution in [0.2, 0.25) is 0 Å². The first-order chi connectivity index (χ1) is 7.95. The average Bonchev–Trinajstić information content (AvgIpc) is 2.37. The summed E-state index contributed by atoms with van der Waals surface area (Å²) in [6, 6.07) is 21.1. The van der Waals surface area contributed by atoms with Crippen molar-refractivity contribution >= 4 is 21.0 Å². The molecule has 2 aromatic rings. The molecular weight excluding hydrogens is 259 g/mol. The molecule has 0 fully saturated rings. The summed E-state index contributed by atoms with van der Waals surface area (Å²) in [7, 11) is 0. The Morgan fingerprint density at radius 2 is 1.44 bits per heavy atom. The van der Waals surface area contributed by atoms with Crippen LogP contribution in [0.15, 0.2) is 65.6 Å². The van der Waals surface area contributed by atoms with Crippen LogP contribution >= 0.6 is 0 Å². The molecule has 0 bridgehead atoms. The van der Waals surface area contributed by atoms with Crippen LogP contribution in [0.25, 0.3) is 6.08 Å². The minimum atomic E-state index is 0.553. The zero-order chi connectivity index (χ0) is 11.1. The molecule has 2 aromatic carbocycles. The second-order valence-electron chi connectivity index (χ2n) is 3.51. The first kappa shape index (κ1) is 11.2. The maximum absolute atomic E-state index is 2.30. The molecule has 0 radical (unpaired) electrons. The summed E-state index contributed by atoms with van der Waals surface area (Å²) >= 11 is 0.553. The van der Waals surface area contributed by atoms with Gasteiger partial charge in [0.15, 0.2) is 0 Å². The van der Waals surface area contributed by atoms with Gasteiger partial charge in [0, 0.05) is 0 Å². The molecule has 0 aliphatic carbocycles.